The molecular formula is C20H23FN4. The van der Waals surface area contributed by atoms with Gasteiger partial charge in [-0.05, 0) is 24.3 Å². The molecule has 0 saturated carbocycles. The minimum absolute atomic E-state index is 0.381. The Labute approximate surface area is 148 Å². The molecule has 4 nitrogen and oxygen atoms in total. The molecule has 5 heteroatoms. The second-order valence-corrected chi connectivity index (χ2v) is 6.90. The van der Waals surface area contributed by atoms with Crippen molar-refractivity contribution in [2.45, 2.75) is 18.9 Å². The van der Waals surface area contributed by atoms with E-state index in [9.17, 15) is 4.39 Å². The van der Waals surface area contributed by atoms with E-state index in [1.54, 1.807) is 0 Å². The Morgan fingerprint density at radius 2 is 1.80 bits per heavy atom. The number of anilines is 1. The van der Waals surface area contributed by atoms with Gasteiger partial charge >= 0.3 is 0 Å². The average molecular weight is 338 g/mol. The van der Waals surface area contributed by atoms with Crippen LogP contribution in [-0.2, 0) is 0 Å². The number of hydrogen-bond acceptors (Lipinski definition) is 4. The van der Waals surface area contributed by atoms with Gasteiger partial charge in [-0.1, -0.05) is 42.5 Å². The molecule has 4 rings (SSSR count). The molecule has 0 spiro atoms. The molecule has 3 heterocycles. The van der Waals surface area contributed by atoms with Crippen LogP contribution in [0.1, 0.15) is 18.4 Å². The molecule has 0 aliphatic carbocycles. The molecule has 0 unspecified atom stereocenters. The molecule has 1 aromatic carbocycles. The Kier molecular flexibility index (Phi) is 4.74. The fourth-order valence-corrected chi connectivity index (χ4v) is 3.82. The van der Waals surface area contributed by atoms with Crippen LogP contribution in [0, 0.1) is 11.7 Å². The lowest BCUT2D eigenvalue weighted by Crippen LogP contribution is -2.56. The quantitative estimate of drug-likeness (QED) is 0.860. The van der Waals surface area contributed by atoms with Crippen LogP contribution in [0.4, 0.5) is 10.3 Å². The summed E-state index contributed by atoms with van der Waals surface area (Å²) in [5.41, 5.74) is 1.27. The molecule has 2 aliphatic heterocycles. The topological polar surface area (TPSA) is 32.3 Å². The first-order valence-electron chi connectivity index (χ1n) is 8.98. The number of aromatic nitrogens is 2. The molecule has 130 valence electrons. The Morgan fingerprint density at radius 3 is 2.60 bits per heavy atom. The highest BCUT2D eigenvalue weighted by Crippen LogP contribution is 2.27. The van der Waals surface area contributed by atoms with Crippen molar-refractivity contribution in [3.63, 3.8) is 0 Å². The number of nitrogens with zero attached hydrogens (tertiary/aromatic N) is 4. The van der Waals surface area contributed by atoms with Gasteiger partial charge in [0, 0.05) is 32.2 Å². The normalized spacial score (nSPS) is 24.4. The summed E-state index contributed by atoms with van der Waals surface area (Å²) in [6.45, 7) is 3.96. The summed E-state index contributed by atoms with van der Waals surface area (Å²) in [7, 11) is 0. The van der Waals surface area contributed by atoms with Crippen molar-refractivity contribution < 1.29 is 4.39 Å². The Balaban J connectivity index is 1.35. The smallest absolute Gasteiger partial charge is 0.225 e. The van der Waals surface area contributed by atoms with E-state index in [2.05, 4.69) is 56.2 Å². The van der Waals surface area contributed by atoms with Crippen molar-refractivity contribution in [2.75, 3.05) is 31.1 Å². The van der Waals surface area contributed by atoms with Gasteiger partial charge in [0.1, 0.15) is 0 Å². The van der Waals surface area contributed by atoms with Crippen LogP contribution >= 0.6 is 0 Å². The summed E-state index contributed by atoms with van der Waals surface area (Å²) in [6.07, 6.45) is 9.50. The zero-order chi connectivity index (χ0) is 17.1. The molecular weight excluding hydrogens is 315 g/mol. The summed E-state index contributed by atoms with van der Waals surface area (Å²) < 4.78 is 13.0. The maximum atomic E-state index is 13.0. The van der Waals surface area contributed by atoms with Crippen molar-refractivity contribution in [2.24, 2.45) is 5.92 Å². The second-order valence-electron chi connectivity index (χ2n) is 6.90. The molecule has 1 aromatic heterocycles. The third-order valence-electron chi connectivity index (χ3n) is 5.19. The maximum Gasteiger partial charge on any atom is 0.225 e. The predicted molar refractivity (Wildman–Crippen MR) is 97.8 cm³/mol. The third kappa shape index (κ3) is 3.87. The lowest BCUT2D eigenvalue weighted by molar-refractivity contribution is 0.110. The summed E-state index contributed by atoms with van der Waals surface area (Å²) in [5.74, 6) is 0.880. The number of benzene rings is 1. The van der Waals surface area contributed by atoms with E-state index in [0.717, 1.165) is 26.2 Å². The minimum atomic E-state index is -0.381. The largest absolute Gasteiger partial charge is 0.338 e. The van der Waals surface area contributed by atoms with Crippen molar-refractivity contribution in [1.29, 1.82) is 0 Å². The van der Waals surface area contributed by atoms with Gasteiger partial charge in [-0.2, -0.15) is 0 Å². The lowest BCUT2D eigenvalue weighted by atomic mass is 9.90. The number of piperazine rings is 1. The van der Waals surface area contributed by atoms with E-state index in [-0.39, 0.29) is 5.82 Å². The van der Waals surface area contributed by atoms with E-state index in [1.165, 1.54) is 30.8 Å². The van der Waals surface area contributed by atoms with Crippen molar-refractivity contribution >= 4 is 12.0 Å². The summed E-state index contributed by atoms with van der Waals surface area (Å²) in [6, 6.07) is 11.0. The van der Waals surface area contributed by atoms with E-state index < -0.39 is 0 Å². The number of piperidine rings is 1. The van der Waals surface area contributed by atoms with Crippen LogP contribution in [0.25, 0.3) is 6.08 Å². The zero-order valence-electron chi connectivity index (χ0n) is 14.3. The van der Waals surface area contributed by atoms with Gasteiger partial charge < -0.3 is 4.90 Å². The molecule has 2 atom stereocenters. The monoisotopic (exact) mass is 338 g/mol. The summed E-state index contributed by atoms with van der Waals surface area (Å²) in [4.78, 5) is 13.0. The highest BCUT2D eigenvalue weighted by molar-refractivity contribution is 5.49. The van der Waals surface area contributed by atoms with Gasteiger partial charge in [0.05, 0.1) is 12.4 Å². The minimum Gasteiger partial charge on any atom is -0.338 e. The standard InChI is InChI=1S/C20H23FN4/c21-18-12-22-20(23-13-18)25-11-10-24-14-17(8-9-19(24)15-25)7-6-16-4-2-1-3-5-16/h1-7,12-13,17,19H,8-11,14-15H2/b7-6-/t17-,19+/m1/s1. The zero-order valence-corrected chi connectivity index (χ0v) is 14.3. The molecule has 2 aliphatic rings. The van der Waals surface area contributed by atoms with E-state index in [1.807, 2.05) is 6.07 Å². The van der Waals surface area contributed by atoms with Crippen molar-refractivity contribution in [3.05, 3.63) is 60.2 Å². The number of rotatable bonds is 3. The number of hydrogen-bond donors (Lipinski definition) is 0. The molecule has 2 saturated heterocycles. The van der Waals surface area contributed by atoms with Gasteiger partial charge in [-0.15, -0.1) is 0 Å². The van der Waals surface area contributed by atoms with Gasteiger partial charge in [0.15, 0.2) is 5.82 Å². The highest BCUT2D eigenvalue weighted by atomic mass is 19.1. The van der Waals surface area contributed by atoms with E-state index >= 15 is 0 Å². The number of halogens is 1. The summed E-state index contributed by atoms with van der Waals surface area (Å²) >= 11 is 0. The maximum absolute atomic E-state index is 13.0. The molecule has 2 aromatic rings. The second kappa shape index (κ2) is 7.31. The van der Waals surface area contributed by atoms with Crippen LogP contribution in [0.15, 0.2) is 48.8 Å². The van der Waals surface area contributed by atoms with Crippen LogP contribution in [-0.4, -0.2) is 47.1 Å². The van der Waals surface area contributed by atoms with Gasteiger partial charge in [-0.3, -0.25) is 4.90 Å². The Bertz CT molecular complexity index is 716. The van der Waals surface area contributed by atoms with E-state index in [0.29, 0.717) is 17.9 Å². The molecule has 0 radical (unpaired) electrons. The molecule has 0 bridgehead atoms. The van der Waals surface area contributed by atoms with Gasteiger partial charge in [0.2, 0.25) is 5.95 Å². The molecule has 2 fully saturated rings. The third-order valence-corrected chi connectivity index (χ3v) is 5.19. The Morgan fingerprint density at radius 1 is 1.00 bits per heavy atom. The summed E-state index contributed by atoms with van der Waals surface area (Å²) in [5, 5.41) is 0. The molecule has 0 N–H and O–H groups in total. The average Bonchev–Trinajstić information content (AvgIpc) is 2.67. The van der Waals surface area contributed by atoms with E-state index in [4.69, 9.17) is 0 Å². The Hall–Kier alpha value is -2.27. The predicted octanol–water partition coefficient (Wildman–Crippen LogP) is 3.23. The first-order valence-corrected chi connectivity index (χ1v) is 8.98. The van der Waals surface area contributed by atoms with Crippen molar-refractivity contribution in [1.82, 2.24) is 14.9 Å². The van der Waals surface area contributed by atoms with Crippen LogP contribution in [0.2, 0.25) is 0 Å². The fourth-order valence-electron chi connectivity index (χ4n) is 3.82. The SMILES string of the molecule is Fc1cnc(N2CCN3C[C@H](/C=C\c4ccccc4)CC[C@H]3C2)nc1. The highest BCUT2D eigenvalue weighted by Gasteiger charge is 2.32. The van der Waals surface area contributed by atoms with Gasteiger partial charge in [0.25, 0.3) is 0 Å². The first kappa shape index (κ1) is 16.2. The van der Waals surface area contributed by atoms with Gasteiger partial charge in [-0.25, -0.2) is 14.4 Å². The molecule has 0 amide bonds. The molecule has 25 heavy (non-hydrogen) atoms. The number of fused-ring (bicyclic) bond motifs is 1. The first-order chi connectivity index (χ1) is 12.3. The van der Waals surface area contributed by atoms with Crippen LogP contribution in [0.5, 0.6) is 0 Å². The fraction of sp³-hybridized carbons (Fsp3) is 0.400. The van der Waals surface area contributed by atoms with Crippen LogP contribution < -0.4 is 4.90 Å². The van der Waals surface area contributed by atoms with Crippen LogP contribution in [0.3, 0.4) is 0 Å². The van der Waals surface area contributed by atoms with Crippen molar-refractivity contribution in [3.8, 4) is 0 Å². The lowest BCUT2D eigenvalue weighted by Gasteiger charge is -2.45.